The summed E-state index contributed by atoms with van der Waals surface area (Å²) in [6, 6.07) is 7.77. The van der Waals surface area contributed by atoms with Gasteiger partial charge in [0, 0.05) is 4.47 Å². The number of aliphatic imine (C=N–C) groups is 1. The Morgan fingerprint density at radius 2 is 2.00 bits per heavy atom. The van der Waals surface area contributed by atoms with E-state index >= 15 is 0 Å². The molecular formula is C11H8BrNOS. The van der Waals surface area contributed by atoms with Crippen LogP contribution in [0.25, 0.3) is 6.08 Å². The van der Waals surface area contributed by atoms with Gasteiger partial charge in [-0.25, -0.2) is 4.99 Å². The van der Waals surface area contributed by atoms with Crippen LogP contribution in [0.1, 0.15) is 12.5 Å². The standard InChI is InChI=1S/C11H8BrNOS/c1-7-13-10(11(14)15-7)6-8-2-4-9(12)5-3-8/h2-6H,1H3/b10-6-. The Hall–Kier alpha value is -0.870. The van der Waals surface area contributed by atoms with Crippen molar-refractivity contribution in [1.82, 2.24) is 0 Å². The molecule has 0 N–H and O–H groups in total. The van der Waals surface area contributed by atoms with E-state index in [-0.39, 0.29) is 5.12 Å². The highest BCUT2D eigenvalue weighted by Crippen LogP contribution is 2.25. The summed E-state index contributed by atoms with van der Waals surface area (Å²) in [5, 5.41) is 0.832. The zero-order valence-corrected chi connectivity index (χ0v) is 10.4. The third-order valence-corrected chi connectivity index (χ3v) is 3.21. The van der Waals surface area contributed by atoms with Crippen LogP contribution in [0.5, 0.6) is 0 Å². The van der Waals surface area contributed by atoms with Gasteiger partial charge in [0.05, 0.1) is 5.04 Å². The molecule has 0 amide bonds. The molecule has 0 saturated carbocycles. The van der Waals surface area contributed by atoms with Crippen LogP contribution in [-0.4, -0.2) is 10.2 Å². The summed E-state index contributed by atoms with van der Waals surface area (Å²) >= 11 is 4.54. The number of carbonyl (C=O) groups excluding carboxylic acids is 1. The molecule has 0 radical (unpaired) electrons. The van der Waals surface area contributed by atoms with Gasteiger partial charge >= 0.3 is 0 Å². The topological polar surface area (TPSA) is 29.4 Å². The number of benzene rings is 1. The summed E-state index contributed by atoms with van der Waals surface area (Å²) in [5.74, 6) is 0. The molecule has 0 bridgehead atoms. The molecule has 0 fully saturated rings. The zero-order chi connectivity index (χ0) is 10.8. The van der Waals surface area contributed by atoms with Crippen LogP contribution in [0, 0.1) is 0 Å². The second-order valence-corrected chi connectivity index (χ2v) is 5.18. The van der Waals surface area contributed by atoms with E-state index in [4.69, 9.17) is 0 Å². The van der Waals surface area contributed by atoms with Crippen molar-refractivity contribution in [1.29, 1.82) is 0 Å². The van der Waals surface area contributed by atoms with Crippen molar-refractivity contribution in [2.75, 3.05) is 0 Å². The summed E-state index contributed by atoms with van der Waals surface area (Å²) in [7, 11) is 0. The van der Waals surface area contributed by atoms with Gasteiger partial charge in [-0.05, 0) is 42.5 Å². The van der Waals surface area contributed by atoms with Gasteiger partial charge in [0.2, 0.25) is 5.12 Å². The van der Waals surface area contributed by atoms with Crippen LogP contribution in [-0.2, 0) is 4.79 Å². The lowest BCUT2D eigenvalue weighted by atomic mass is 10.2. The fourth-order valence-electron chi connectivity index (χ4n) is 1.23. The Morgan fingerprint density at radius 1 is 1.33 bits per heavy atom. The van der Waals surface area contributed by atoms with E-state index in [1.54, 1.807) is 6.08 Å². The van der Waals surface area contributed by atoms with Crippen molar-refractivity contribution in [2.45, 2.75) is 6.92 Å². The van der Waals surface area contributed by atoms with Crippen molar-refractivity contribution in [3.05, 3.63) is 40.0 Å². The zero-order valence-electron chi connectivity index (χ0n) is 8.03. The van der Waals surface area contributed by atoms with Crippen molar-refractivity contribution in [3.8, 4) is 0 Å². The monoisotopic (exact) mass is 281 g/mol. The van der Waals surface area contributed by atoms with Crippen LogP contribution >= 0.6 is 27.7 Å². The molecule has 1 aliphatic heterocycles. The molecule has 1 aromatic carbocycles. The number of thioether (sulfide) groups is 1. The van der Waals surface area contributed by atoms with E-state index in [0.717, 1.165) is 15.1 Å². The van der Waals surface area contributed by atoms with Crippen LogP contribution in [0.3, 0.4) is 0 Å². The number of carbonyl (C=O) groups is 1. The molecule has 0 unspecified atom stereocenters. The first kappa shape index (κ1) is 10.6. The van der Waals surface area contributed by atoms with E-state index in [0.29, 0.717) is 5.70 Å². The largest absolute Gasteiger partial charge is 0.279 e. The predicted molar refractivity (Wildman–Crippen MR) is 67.8 cm³/mol. The van der Waals surface area contributed by atoms with Gasteiger partial charge in [0.25, 0.3) is 0 Å². The maximum Gasteiger partial charge on any atom is 0.243 e. The minimum atomic E-state index is 0.0235. The highest BCUT2D eigenvalue weighted by atomic mass is 79.9. The van der Waals surface area contributed by atoms with Gasteiger partial charge < -0.3 is 0 Å². The molecule has 0 spiro atoms. The van der Waals surface area contributed by atoms with Crippen LogP contribution in [0.4, 0.5) is 0 Å². The molecule has 2 rings (SSSR count). The molecule has 0 aromatic heterocycles. The molecule has 4 heteroatoms. The number of halogens is 1. The van der Waals surface area contributed by atoms with Crippen LogP contribution < -0.4 is 0 Å². The van der Waals surface area contributed by atoms with Crippen molar-refractivity contribution in [3.63, 3.8) is 0 Å². The van der Waals surface area contributed by atoms with E-state index in [1.165, 1.54) is 11.8 Å². The molecule has 0 saturated heterocycles. The lowest BCUT2D eigenvalue weighted by Crippen LogP contribution is -1.87. The summed E-state index contributed by atoms with van der Waals surface area (Å²) in [4.78, 5) is 15.6. The summed E-state index contributed by atoms with van der Waals surface area (Å²) in [5.41, 5.74) is 1.51. The van der Waals surface area contributed by atoms with E-state index in [1.807, 2.05) is 31.2 Å². The predicted octanol–water partition coefficient (Wildman–Crippen LogP) is 3.48. The third kappa shape index (κ3) is 2.58. The van der Waals surface area contributed by atoms with Crippen molar-refractivity contribution in [2.24, 2.45) is 4.99 Å². The Morgan fingerprint density at radius 3 is 2.53 bits per heavy atom. The smallest absolute Gasteiger partial charge is 0.243 e. The molecule has 0 atom stereocenters. The SMILES string of the molecule is CC1=N/C(=C\c2ccc(Br)cc2)C(=O)S1. The lowest BCUT2D eigenvalue weighted by molar-refractivity contribution is -0.107. The average Bonchev–Trinajstić information content (AvgIpc) is 2.49. The third-order valence-electron chi connectivity index (χ3n) is 1.90. The quantitative estimate of drug-likeness (QED) is 0.738. The molecule has 1 aliphatic rings. The summed E-state index contributed by atoms with van der Waals surface area (Å²) in [6.45, 7) is 1.84. The number of nitrogens with zero attached hydrogens (tertiary/aromatic N) is 1. The van der Waals surface area contributed by atoms with Gasteiger partial charge in [-0.15, -0.1) is 0 Å². The van der Waals surface area contributed by atoms with Crippen LogP contribution in [0.15, 0.2) is 39.4 Å². The Labute approximate surface area is 101 Å². The maximum atomic E-state index is 11.4. The molecule has 15 heavy (non-hydrogen) atoms. The Bertz CT molecular complexity index is 462. The van der Waals surface area contributed by atoms with Gasteiger partial charge in [-0.2, -0.15) is 0 Å². The molecule has 0 aliphatic carbocycles. The van der Waals surface area contributed by atoms with Crippen LogP contribution in [0.2, 0.25) is 0 Å². The first-order chi connectivity index (χ1) is 7.15. The van der Waals surface area contributed by atoms with Gasteiger partial charge in [0.15, 0.2) is 0 Å². The minimum absolute atomic E-state index is 0.0235. The summed E-state index contributed by atoms with van der Waals surface area (Å²) < 4.78 is 1.02. The average molecular weight is 282 g/mol. The second kappa shape index (κ2) is 4.33. The van der Waals surface area contributed by atoms with Crippen molar-refractivity contribution >= 4 is 43.9 Å². The van der Waals surface area contributed by atoms with Gasteiger partial charge in [-0.3, -0.25) is 4.79 Å². The van der Waals surface area contributed by atoms with E-state index < -0.39 is 0 Å². The maximum absolute atomic E-state index is 11.4. The number of hydrogen-bond donors (Lipinski definition) is 0. The first-order valence-corrected chi connectivity index (χ1v) is 6.01. The molecular weight excluding hydrogens is 274 g/mol. The molecule has 1 heterocycles. The Balaban J connectivity index is 2.31. The second-order valence-electron chi connectivity index (χ2n) is 3.10. The van der Waals surface area contributed by atoms with E-state index in [2.05, 4.69) is 20.9 Å². The highest BCUT2D eigenvalue weighted by Gasteiger charge is 2.18. The number of hydrogen-bond acceptors (Lipinski definition) is 3. The molecule has 2 nitrogen and oxygen atoms in total. The molecule has 1 aromatic rings. The number of rotatable bonds is 1. The van der Waals surface area contributed by atoms with Gasteiger partial charge in [0.1, 0.15) is 5.70 Å². The van der Waals surface area contributed by atoms with E-state index in [9.17, 15) is 4.79 Å². The fourth-order valence-corrected chi connectivity index (χ4v) is 2.12. The molecule has 76 valence electrons. The fraction of sp³-hybridized carbons (Fsp3) is 0.0909. The lowest BCUT2D eigenvalue weighted by Gasteiger charge is -1.94. The normalized spacial score (nSPS) is 18.4. The Kier molecular flexibility index (Phi) is 3.07. The van der Waals surface area contributed by atoms with Crippen molar-refractivity contribution < 1.29 is 4.79 Å². The summed E-state index contributed by atoms with van der Waals surface area (Å²) in [6.07, 6.45) is 1.80. The minimum Gasteiger partial charge on any atom is -0.279 e. The van der Waals surface area contributed by atoms with Gasteiger partial charge in [-0.1, -0.05) is 28.1 Å². The highest BCUT2D eigenvalue weighted by molar-refractivity contribution is 9.10. The first-order valence-electron chi connectivity index (χ1n) is 4.40.